The third-order valence-electron chi connectivity index (χ3n) is 3.53. The van der Waals surface area contributed by atoms with Gasteiger partial charge in [0.25, 0.3) is 10.9 Å². The summed E-state index contributed by atoms with van der Waals surface area (Å²) in [5.41, 5.74) is -0.499. The van der Waals surface area contributed by atoms with Gasteiger partial charge < -0.3 is 5.11 Å². The van der Waals surface area contributed by atoms with Crippen molar-refractivity contribution in [3.63, 3.8) is 0 Å². The van der Waals surface area contributed by atoms with E-state index >= 15 is 0 Å². The average Bonchev–Trinajstić information content (AvgIpc) is 3.00. The number of anilines is 1. The van der Waals surface area contributed by atoms with Crippen LogP contribution in [0.4, 0.5) is 10.1 Å². The molecular weight excluding hydrogens is 353 g/mol. The fraction of sp³-hybridized carbons (Fsp3) is 0.143. The van der Waals surface area contributed by atoms with Gasteiger partial charge in [-0.25, -0.2) is 18.7 Å². The number of aryl methyl sites for hydroxylation is 1. The third kappa shape index (κ3) is 2.67. The molecule has 3 rings (SSSR count). The minimum absolute atomic E-state index is 0.0546. The van der Waals surface area contributed by atoms with Crippen LogP contribution in [0.3, 0.4) is 0 Å². The molecule has 0 saturated carbocycles. The molecule has 9 nitrogen and oxygen atoms in total. The molecule has 11 heteroatoms. The van der Waals surface area contributed by atoms with Crippen molar-refractivity contribution in [1.82, 2.24) is 19.6 Å². The normalized spacial score (nSPS) is 11.6. The molecule has 0 fully saturated rings. The fourth-order valence-electron chi connectivity index (χ4n) is 2.25. The van der Waals surface area contributed by atoms with Gasteiger partial charge in [-0.2, -0.15) is 13.4 Å². The van der Waals surface area contributed by atoms with E-state index < -0.39 is 38.2 Å². The number of sulfonamides is 1. The van der Waals surface area contributed by atoms with Gasteiger partial charge in [0.2, 0.25) is 0 Å². The van der Waals surface area contributed by atoms with E-state index in [2.05, 4.69) is 15.1 Å². The molecule has 0 aliphatic carbocycles. The Labute approximate surface area is 141 Å². The number of halogens is 1. The second-order valence-electron chi connectivity index (χ2n) is 5.11. The Morgan fingerprint density at radius 2 is 2.04 bits per heavy atom. The van der Waals surface area contributed by atoms with E-state index in [1.165, 1.54) is 16.8 Å². The van der Waals surface area contributed by atoms with Gasteiger partial charge in [0.1, 0.15) is 11.5 Å². The van der Waals surface area contributed by atoms with E-state index in [1.54, 1.807) is 13.0 Å². The number of fused-ring (bicyclic) bond motifs is 1. The Kier molecular flexibility index (Phi) is 3.87. The standard InChI is InChI=1S/C14H12FN5O4S/c1-8-6-7-16-13-17-14(18-20(8)13)25(23,24)19(2)11-9(12(21)22)4-3-5-10(11)15/h3-7H,1-2H3,(H,21,22). The number of aromatic carboxylic acids is 1. The summed E-state index contributed by atoms with van der Waals surface area (Å²) >= 11 is 0. The van der Waals surface area contributed by atoms with Crippen molar-refractivity contribution in [2.45, 2.75) is 12.1 Å². The molecule has 130 valence electrons. The molecule has 1 N–H and O–H groups in total. The first-order valence-corrected chi connectivity index (χ1v) is 8.36. The highest BCUT2D eigenvalue weighted by Crippen LogP contribution is 2.27. The van der Waals surface area contributed by atoms with Crippen molar-refractivity contribution in [3.8, 4) is 0 Å². The number of nitrogens with zero attached hydrogens (tertiary/aromatic N) is 5. The van der Waals surface area contributed by atoms with Gasteiger partial charge >= 0.3 is 16.0 Å². The minimum Gasteiger partial charge on any atom is -0.478 e. The molecular formula is C14H12FN5O4S. The van der Waals surface area contributed by atoms with Gasteiger partial charge in [-0.05, 0) is 25.1 Å². The van der Waals surface area contributed by atoms with Crippen LogP contribution in [0, 0.1) is 12.7 Å². The molecule has 0 saturated heterocycles. The van der Waals surface area contributed by atoms with Crippen LogP contribution in [0.5, 0.6) is 0 Å². The molecule has 25 heavy (non-hydrogen) atoms. The number of aromatic nitrogens is 4. The molecule has 0 unspecified atom stereocenters. The molecule has 0 atom stereocenters. The topological polar surface area (TPSA) is 118 Å². The molecule has 0 spiro atoms. The lowest BCUT2D eigenvalue weighted by Gasteiger charge is -2.19. The van der Waals surface area contributed by atoms with E-state index in [0.29, 0.717) is 10.00 Å². The highest BCUT2D eigenvalue weighted by atomic mass is 32.2. The van der Waals surface area contributed by atoms with E-state index in [9.17, 15) is 22.7 Å². The largest absolute Gasteiger partial charge is 0.478 e. The Balaban J connectivity index is 2.17. The van der Waals surface area contributed by atoms with E-state index in [1.807, 2.05) is 0 Å². The first kappa shape index (κ1) is 16.8. The molecule has 1 aromatic carbocycles. The van der Waals surface area contributed by atoms with Crippen LogP contribution in [-0.4, -0.2) is 46.1 Å². The summed E-state index contributed by atoms with van der Waals surface area (Å²) in [6.07, 6.45) is 1.44. The lowest BCUT2D eigenvalue weighted by Crippen LogP contribution is -2.30. The number of rotatable bonds is 4. The van der Waals surface area contributed by atoms with Gasteiger partial charge in [0.15, 0.2) is 0 Å². The maximum absolute atomic E-state index is 14.1. The van der Waals surface area contributed by atoms with Gasteiger partial charge in [-0.3, -0.25) is 4.31 Å². The van der Waals surface area contributed by atoms with E-state index in [0.717, 1.165) is 19.2 Å². The monoisotopic (exact) mass is 365 g/mol. The Morgan fingerprint density at radius 3 is 2.68 bits per heavy atom. The Bertz CT molecular complexity index is 1100. The molecule has 0 aliphatic rings. The van der Waals surface area contributed by atoms with E-state index in [-0.39, 0.29) is 5.78 Å². The summed E-state index contributed by atoms with van der Waals surface area (Å²) < 4.78 is 41.4. The number of carboxylic acid groups (broad SMARTS) is 1. The van der Waals surface area contributed by atoms with Crippen molar-refractivity contribution >= 4 is 27.5 Å². The molecule has 3 aromatic rings. The first-order chi connectivity index (χ1) is 11.7. The van der Waals surface area contributed by atoms with Gasteiger partial charge in [-0.1, -0.05) is 6.07 Å². The SMILES string of the molecule is Cc1ccnc2nc(S(=O)(=O)N(C)c3c(F)cccc3C(=O)O)nn12. The maximum atomic E-state index is 14.1. The molecule has 0 aliphatic heterocycles. The summed E-state index contributed by atoms with van der Waals surface area (Å²) in [6.45, 7) is 1.68. The zero-order valence-corrected chi connectivity index (χ0v) is 13.9. The number of para-hydroxylation sites is 1. The average molecular weight is 365 g/mol. The molecule has 0 radical (unpaired) electrons. The number of carbonyl (C=O) groups is 1. The van der Waals surface area contributed by atoms with Crippen molar-refractivity contribution in [1.29, 1.82) is 0 Å². The van der Waals surface area contributed by atoms with Crippen LogP contribution >= 0.6 is 0 Å². The summed E-state index contributed by atoms with van der Waals surface area (Å²) in [6, 6.07) is 4.87. The second-order valence-corrected chi connectivity index (χ2v) is 6.97. The highest BCUT2D eigenvalue weighted by Gasteiger charge is 2.31. The van der Waals surface area contributed by atoms with Crippen LogP contribution in [0.1, 0.15) is 16.1 Å². The Morgan fingerprint density at radius 1 is 1.32 bits per heavy atom. The molecule has 2 heterocycles. The second kappa shape index (κ2) is 5.77. The van der Waals surface area contributed by atoms with Gasteiger partial charge in [0.05, 0.1) is 5.56 Å². The zero-order valence-electron chi connectivity index (χ0n) is 13.1. The van der Waals surface area contributed by atoms with Crippen LogP contribution in [0.15, 0.2) is 35.6 Å². The number of carboxylic acids is 1. The number of benzene rings is 1. The molecule has 0 amide bonds. The highest BCUT2D eigenvalue weighted by molar-refractivity contribution is 7.92. The maximum Gasteiger partial charge on any atom is 0.337 e. The van der Waals surface area contributed by atoms with Crippen LogP contribution in [-0.2, 0) is 10.0 Å². The van der Waals surface area contributed by atoms with Gasteiger partial charge in [0, 0.05) is 18.9 Å². The molecule has 2 aromatic heterocycles. The van der Waals surface area contributed by atoms with Crippen molar-refractivity contribution in [3.05, 3.63) is 47.5 Å². The summed E-state index contributed by atoms with van der Waals surface area (Å²) in [7, 11) is -3.37. The van der Waals surface area contributed by atoms with Crippen LogP contribution in [0.25, 0.3) is 5.78 Å². The fourth-order valence-corrected chi connectivity index (χ4v) is 3.30. The summed E-state index contributed by atoms with van der Waals surface area (Å²) in [4.78, 5) is 19.0. The molecule has 0 bridgehead atoms. The number of hydrogen-bond donors (Lipinski definition) is 1. The summed E-state index contributed by atoms with van der Waals surface area (Å²) in [5.74, 6) is -2.40. The predicted molar refractivity (Wildman–Crippen MR) is 84.5 cm³/mol. The quantitative estimate of drug-likeness (QED) is 0.735. The lowest BCUT2D eigenvalue weighted by molar-refractivity contribution is 0.0697. The smallest absolute Gasteiger partial charge is 0.337 e. The summed E-state index contributed by atoms with van der Waals surface area (Å²) in [5, 5.41) is 12.5. The van der Waals surface area contributed by atoms with Crippen LogP contribution < -0.4 is 4.31 Å². The number of hydrogen-bond acceptors (Lipinski definition) is 6. The lowest BCUT2D eigenvalue weighted by atomic mass is 10.1. The zero-order chi connectivity index (χ0) is 18.4. The van der Waals surface area contributed by atoms with Crippen LogP contribution in [0.2, 0.25) is 0 Å². The van der Waals surface area contributed by atoms with E-state index in [4.69, 9.17) is 0 Å². The van der Waals surface area contributed by atoms with Crippen molar-refractivity contribution < 1.29 is 22.7 Å². The first-order valence-electron chi connectivity index (χ1n) is 6.92. The minimum atomic E-state index is -4.40. The van der Waals surface area contributed by atoms with Crippen molar-refractivity contribution in [2.75, 3.05) is 11.4 Å². The third-order valence-corrected chi connectivity index (χ3v) is 5.07. The Hall–Kier alpha value is -3.08. The predicted octanol–water partition coefficient (Wildman–Crippen LogP) is 1.10. The van der Waals surface area contributed by atoms with Gasteiger partial charge in [-0.15, -0.1) is 5.10 Å². The van der Waals surface area contributed by atoms with Crippen molar-refractivity contribution in [2.24, 2.45) is 0 Å².